The molecule has 1 aliphatic carbocycles. The van der Waals surface area contributed by atoms with Crippen LogP contribution < -0.4 is 5.73 Å². The average Bonchev–Trinajstić information content (AvgIpc) is 2.86. The Morgan fingerprint density at radius 3 is 2.84 bits per heavy atom. The largest absolute Gasteiger partial charge is 0.330 e. The van der Waals surface area contributed by atoms with Gasteiger partial charge in [-0.3, -0.25) is 4.68 Å². The topological polar surface area (TPSA) is 56.7 Å². The fraction of sp³-hybridized carbons (Fsp3) is 0.867. The molecule has 4 heteroatoms. The molecule has 1 heterocycles. The van der Waals surface area contributed by atoms with Crippen LogP contribution in [0.4, 0.5) is 0 Å². The van der Waals surface area contributed by atoms with Crippen LogP contribution in [0.15, 0.2) is 6.33 Å². The molecular formula is C15H28N4. The zero-order valence-electron chi connectivity index (χ0n) is 12.4. The van der Waals surface area contributed by atoms with Gasteiger partial charge in [0.2, 0.25) is 0 Å². The van der Waals surface area contributed by atoms with Gasteiger partial charge in [0, 0.05) is 13.0 Å². The zero-order valence-corrected chi connectivity index (χ0v) is 12.4. The number of nitrogens with zero attached hydrogens (tertiary/aromatic N) is 3. The first-order chi connectivity index (χ1) is 9.28. The smallest absolute Gasteiger partial charge is 0.138 e. The molecule has 1 aliphatic rings. The van der Waals surface area contributed by atoms with Gasteiger partial charge in [0.1, 0.15) is 12.2 Å². The van der Waals surface area contributed by atoms with Crippen LogP contribution in [0.5, 0.6) is 0 Å². The van der Waals surface area contributed by atoms with E-state index in [2.05, 4.69) is 28.6 Å². The van der Waals surface area contributed by atoms with E-state index in [-0.39, 0.29) is 0 Å². The highest BCUT2D eigenvalue weighted by Crippen LogP contribution is 2.36. The van der Waals surface area contributed by atoms with E-state index >= 15 is 0 Å². The average molecular weight is 264 g/mol. The summed E-state index contributed by atoms with van der Waals surface area (Å²) in [5.41, 5.74) is 5.96. The van der Waals surface area contributed by atoms with Crippen molar-refractivity contribution in [1.82, 2.24) is 14.8 Å². The third-order valence-corrected chi connectivity index (χ3v) is 4.70. The first kappa shape index (κ1) is 14.5. The lowest BCUT2D eigenvalue weighted by molar-refractivity contribution is 0.176. The number of aromatic nitrogens is 3. The van der Waals surface area contributed by atoms with Crippen molar-refractivity contribution in [1.29, 1.82) is 0 Å². The van der Waals surface area contributed by atoms with E-state index in [4.69, 9.17) is 5.73 Å². The van der Waals surface area contributed by atoms with Crippen molar-refractivity contribution in [3.63, 3.8) is 0 Å². The molecule has 3 unspecified atom stereocenters. The van der Waals surface area contributed by atoms with E-state index < -0.39 is 0 Å². The Balaban J connectivity index is 2.03. The van der Waals surface area contributed by atoms with Gasteiger partial charge in [-0.2, -0.15) is 5.10 Å². The Kier molecular flexibility index (Phi) is 5.37. The molecular weight excluding hydrogens is 236 g/mol. The maximum absolute atomic E-state index is 5.96. The molecule has 108 valence electrons. The SMILES string of the molecule is CCCn1ncnc1CC1CC(CC)CCC1CN. The third kappa shape index (κ3) is 3.56. The minimum Gasteiger partial charge on any atom is -0.330 e. The molecule has 0 saturated heterocycles. The molecule has 1 saturated carbocycles. The van der Waals surface area contributed by atoms with Gasteiger partial charge < -0.3 is 5.73 Å². The maximum Gasteiger partial charge on any atom is 0.138 e. The molecule has 1 aromatic rings. The van der Waals surface area contributed by atoms with Gasteiger partial charge in [0.15, 0.2) is 0 Å². The second-order valence-electron chi connectivity index (χ2n) is 5.95. The summed E-state index contributed by atoms with van der Waals surface area (Å²) in [5.74, 6) is 3.41. The van der Waals surface area contributed by atoms with E-state index in [9.17, 15) is 0 Å². The van der Waals surface area contributed by atoms with Gasteiger partial charge in [-0.25, -0.2) is 4.98 Å². The summed E-state index contributed by atoms with van der Waals surface area (Å²) < 4.78 is 2.07. The molecule has 2 N–H and O–H groups in total. The summed E-state index contributed by atoms with van der Waals surface area (Å²) in [7, 11) is 0. The minimum atomic E-state index is 0.676. The first-order valence-electron chi connectivity index (χ1n) is 7.85. The van der Waals surface area contributed by atoms with Crippen molar-refractivity contribution in [3.8, 4) is 0 Å². The second kappa shape index (κ2) is 7.04. The van der Waals surface area contributed by atoms with Crippen LogP contribution in [0.1, 0.15) is 51.8 Å². The quantitative estimate of drug-likeness (QED) is 0.859. The summed E-state index contributed by atoms with van der Waals surface area (Å²) in [6, 6.07) is 0. The third-order valence-electron chi connectivity index (χ3n) is 4.70. The zero-order chi connectivity index (χ0) is 13.7. The predicted molar refractivity (Wildman–Crippen MR) is 77.7 cm³/mol. The molecule has 0 bridgehead atoms. The van der Waals surface area contributed by atoms with Crippen LogP contribution in [0.25, 0.3) is 0 Å². The summed E-state index contributed by atoms with van der Waals surface area (Å²) in [6.45, 7) is 6.29. The summed E-state index contributed by atoms with van der Waals surface area (Å²) in [4.78, 5) is 4.46. The van der Waals surface area contributed by atoms with Gasteiger partial charge in [0.05, 0.1) is 0 Å². The van der Waals surface area contributed by atoms with Crippen molar-refractivity contribution in [2.45, 2.75) is 58.9 Å². The Bertz CT molecular complexity index is 374. The van der Waals surface area contributed by atoms with Gasteiger partial charge in [-0.05, 0) is 43.6 Å². The maximum atomic E-state index is 5.96. The number of hydrogen-bond donors (Lipinski definition) is 1. The normalized spacial score (nSPS) is 27.6. The van der Waals surface area contributed by atoms with Crippen molar-refractivity contribution >= 4 is 0 Å². The molecule has 1 aromatic heterocycles. The highest BCUT2D eigenvalue weighted by Gasteiger charge is 2.30. The fourth-order valence-corrected chi connectivity index (χ4v) is 3.43. The van der Waals surface area contributed by atoms with E-state index in [0.717, 1.165) is 37.7 Å². The molecule has 3 atom stereocenters. The molecule has 0 aliphatic heterocycles. The van der Waals surface area contributed by atoms with Crippen LogP contribution >= 0.6 is 0 Å². The number of nitrogens with two attached hydrogens (primary N) is 1. The molecule has 1 fully saturated rings. The first-order valence-corrected chi connectivity index (χ1v) is 7.85. The molecule has 0 radical (unpaired) electrons. The lowest BCUT2D eigenvalue weighted by atomic mass is 9.72. The molecule has 0 spiro atoms. The van der Waals surface area contributed by atoms with Crippen molar-refractivity contribution in [2.24, 2.45) is 23.5 Å². The van der Waals surface area contributed by atoms with Crippen molar-refractivity contribution in [2.75, 3.05) is 6.54 Å². The highest BCUT2D eigenvalue weighted by molar-refractivity contribution is 4.92. The van der Waals surface area contributed by atoms with Crippen molar-refractivity contribution in [3.05, 3.63) is 12.2 Å². The molecule has 2 rings (SSSR count). The predicted octanol–water partition coefficient (Wildman–Crippen LogP) is 2.63. The summed E-state index contributed by atoms with van der Waals surface area (Å²) in [5, 5.41) is 4.34. The monoisotopic (exact) mass is 264 g/mol. The van der Waals surface area contributed by atoms with Gasteiger partial charge in [-0.1, -0.05) is 26.7 Å². The lowest BCUT2D eigenvalue weighted by Gasteiger charge is -2.35. The minimum absolute atomic E-state index is 0.676. The Morgan fingerprint density at radius 2 is 2.16 bits per heavy atom. The van der Waals surface area contributed by atoms with Crippen LogP contribution in [-0.4, -0.2) is 21.3 Å². The standard InChI is InChI=1S/C15H28N4/c1-3-7-19-15(17-11-18-19)9-14-8-12(4-2)5-6-13(14)10-16/h11-14H,3-10,16H2,1-2H3. The van der Waals surface area contributed by atoms with E-state index in [0.29, 0.717) is 11.8 Å². The fourth-order valence-electron chi connectivity index (χ4n) is 3.43. The summed E-state index contributed by atoms with van der Waals surface area (Å²) in [6.07, 6.45) is 9.13. The molecule has 19 heavy (non-hydrogen) atoms. The Labute approximate surface area is 116 Å². The van der Waals surface area contributed by atoms with Crippen LogP contribution in [0.3, 0.4) is 0 Å². The molecule has 0 amide bonds. The van der Waals surface area contributed by atoms with E-state index in [1.165, 1.54) is 25.7 Å². The second-order valence-corrected chi connectivity index (χ2v) is 5.95. The highest BCUT2D eigenvalue weighted by atomic mass is 15.3. The number of hydrogen-bond acceptors (Lipinski definition) is 3. The van der Waals surface area contributed by atoms with Crippen LogP contribution in [0, 0.1) is 17.8 Å². The van der Waals surface area contributed by atoms with E-state index in [1.54, 1.807) is 6.33 Å². The van der Waals surface area contributed by atoms with Crippen LogP contribution in [0.2, 0.25) is 0 Å². The van der Waals surface area contributed by atoms with Crippen molar-refractivity contribution < 1.29 is 0 Å². The molecule has 0 aromatic carbocycles. The van der Waals surface area contributed by atoms with Gasteiger partial charge in [0.25, 0.3) is 0 Å². The number of aryl methyl sites for hydroxylation is 1. The Hall–Kier alpha value is -0.900. The summed E-state index contributed by atoms with van der Waals surface area (Å²) >= 11 is 0. The number of rotatable bonds is 6. The lowest BCUT2D eigenvalue weighted by Crippen LogP contribution is -2.32. The Morgan fingerprint density at radius 1 is 1.32 bits per heavy atom. The van der Waals surface area contributed by atoms with Gasteiger partial charge in [-0.15, -0.1) is 0 Å². The molecule has 4 nitrogen and oxygen atoms in total. The van der Waals surface area contributed by atoms with E-state index in [1.807, 2.05) is 0 Å². The van der Waals surface area contributed by atoms with Gasteiger partial charge >= 0.3 is 0 Å². The van der Waals surface area contributed by atoms with Crippen LogP contribution in [-0.2, 0) is 13.0 Å².